The maximum Gasteiger partial charge on any atom is 0.253 e. The van der Waals surface area contributed by atoms with E-state index in [1.807, 2.05) is 0 Å². The van der Waals surface area contributed by atoms with Crippen LogP contribution in [-0.4, -0.2) is 48.6 Å². The van der Waals surface area contributed by atoms with Crippen LogP contribution in [0.3, 0.4) is 0 Å². The van der Waals surface area contributed by atoms with Crippen molar-refractivity contribution in [2.45, 2.75) is 12.5 Å². The second-order valence-electron chi connectivity index (χ2n) is 4.61. The van der Waals surface area contributed by atoms with Gasteiger partial charge in [-0.15, -0.1) is 0 Å². The standard InChI is InChI=1S/C13H16N2O3/c1-14(2)13(18)9-4-3-5-10(6-9)15-8-11(16)7-12(15)17/h3-6,11,16H,7-8H2,1-2H3. The van der Waals surface area contributed by atoms with Gasteiger partial charge >= 0.3 is 0 Å². The van der Waals surface area contributed by atoms with E-state index in [0.717, 1.165) is 0 Å². The van der Waals surface area contributed by atoms with Gasteiger partial charge in [0.05, 0.1) is 19.1 Å². The third-order valence-corrected chi connectivity index (χ3v) is 2.92. The molecule has 1 saturated heterocycles. The maximum atomic E-state index is 11.8. The summed E-state index contributed by atoms with van der Waals surface area (Å²) < 4.78 is 0. The number of β-amino-alcohol motifs (C(OH)–C–C–N with tert-alkyl or cyclic N) is 1. The summed E-state index contributed by atoms with van der Waals surface area (Å²) in [5, 5.41) is 9.46. The van der Waals surface area contributed by atoms with Crippen LogP contribution < -0.4 is 4.90 Å². The van der Waals surface area contributed by atoms with Crippen molar-refractivity contribution in [2.24, 2.45) is 0 Å². The number of amides is 2. The molecule has 1 N–H and O–H groups in total. The van der Waals surface area contributed by atoms with Gasteiger partial charge in [-0.3, -0.25) is 9.59 Å². The molecular formula is C13H16N2O3. The van der Waals surface area contributed by atoms with Crippen LogP contribution in [0.2, 0.25) is 0 Å². The predicted octanol–water partition coefficient (Wildman–Crippen LogP) is 0.486. The molecule has 0 spiro atoms. The normalized spacial score (nSPS) is 19.2. The Hall–Kier alpha value is -1.88. The second kappa shape index (κ2) is 4.78. The number of carbonyl (C=O) groups is 2. The SMILES string of the molecule is CN(C)C(=O)c1cccc(N2CC(O)CC2=O)c1. The number of carbonyl (C=O) groups excluding carboxylic acids is 2. The van der Waals surface area contributed by atoms with Crippen LogP contribution in [0.5, 0.6) is 0 Å². The molecule has 96 valence electrons. The Kier molecular flexibility index (Phi) is 3.34. The van der Waals surface area contributed by atoms with Gasteiger partial charge in [-0.1, -0.05) is 6.07 Å². The molecular weight excluding hydrogens is 232 g/mol. The van der Waals surface area contributed by atoms with E-state index >= 15 is 0 Å². The van der Waals surface area contributed by atoms with Crippen molar-refractivity contribution in [3.05, 3.63) is 29.8 Å². The summed E-state index contributed by atoms with van der Waals surface area (Å²) in [7, 11) is 3.36. The highest BCUT2D eigenvalue weighted by molar-refractivity contribution is 5.99. The van der Waals surface area contributed by atoms with Crippen LogP contribution in [0.25, 0.3) is 0 Å². The van der Waals surface area contributed by atoms with Gasteiger partial charge < -0.3 is 14.9 Å². The molecule has 0 radical (unpaired) electrons. The average molecular weight is 248 g/mol. The molecule has 1 unspecified atom stereocenters. The van der Waals surface area contributed by atoms with Gasteiger partial charge in [-0.25, -0.2) is 0 Å². The first kappa shape index (κ1) is 12.6. The minimum Gasteiger partial charge on any atom is -0.391 e. The molecule has 5 heteroatoms. The number of rotatable bonds is 2. The smallest absolute Gasteiger partial charge is 0.253 e. The van der Waals surface area contributed by atoms with Crippen molar-refractivity contribution >= 4 is 17.5 Å². The Morgan fingerprint density at radius 2 is 2.17 bits per heavy atom. The molecule has 5 nitrogen and oxygen atoms in total. The Morgan fingerprint density at radius 3 is 2.72 bits per heavy atom. The van der Waals surface area contributed by atoms with Crippen LogP contribution in [0.15, 0.2) is 24.3 Å². The molecule has 1 aliphatic rings. The summed E-state index contributed by atoms with van der Waals surface area (Å²) in [6.07, 6.45) is -0.475. The lowest BCUT2D eigenvalue weighted by Crippen LogP contribution is -2.26. The van der Waals surface area contributed by atoms with E-state index in [2.05, 4.69) is 0 Å². The fourth-order valence-electron chi connectivity index (χ4n) is 2.00. The molecule has 18 heavy (non-hydrogen) atoms. The zero-order valence-electron chi connectivity index (χ0n) is 10.5. The summed E-state index contributed by atoms with van der Waals surface area (Å²) in [5.74, 6) is -0.221. The predicted molar refractivity (Wildman–Crippen MR) is 67.4 cm³/mol. The van der Waals surface area contributed by atoms with Gasteiger partial charge in [0.2, 0.25) is 5.91 Å². The third-order valence-electron chi connectivity index (χ3n) is 2.92. The van der Waals surface area contributed by atoms with Crippen LogP contribution in [0, 0.1) is 0 Å². The minimum atomic E-state index is -0.620. The van der Waals surface area contributed by atoms with Gasteiger partial charge in [0.1, 0.15) is 0 Å². The first-order valence-corrected chi connectivity index (χ1v) is 5.79. The van der Waals surface area contributed by atoms with Crippen molar-refractivity contribution < 1.29 is 14.7 Å². The molecule has 0 bridgehead atoms. The van der Waals surface area contributed by atoms with Crippen molar-refractivity contribution in [2.75, 3.05) is 25.5 Å². The fraction of sp³-hybridized carbons (Fsp3) is 0.385. The summed E-state index contributed by atoms with van der Waals surface area (Å²) >= 11 is 0. The van der Waals surface area contributed by atoms with Crippen molar-refractivity contribution in [3.8, 4) is 0 Å². The van der Waals surface area contributed by atoms with E-state index in [9.17, 15) is 14.7 Å². The number of anilines is 1. The lowest BCUT2D eigenvalue weighted by molar-refractivity contribution is -0.117. The summed E-state index contributed by atoms with van der Waals surface area (Å²) in [6.45, 7) is 0.290. The lowest BCUT2D eigenvalue weighted by Gasteiger charge is -2.17. The number of nitrogens with zero attached hydrogens (tertiary/aromatic N) is 2. The van der Waals surface area contributed by atoms with Gasteiger partial charge in [-0.05, 0) is 18.2 Å². The highest BCUT2D eigenvalue weighted by Gasteiger charge is 2.29. The Morgan fingerprint density at radius 1 is 1.44 bits per heavy atom. The lowest BCUT2D eigenvalue weighted by atomic mass is 10.1. The third kappa shape index (κ3) is 2.36. The van der Waals surface area contributed by atoms with Crippen molar-refractivity contribution in [1.82, 2.24) is 4.90 Å². The molecule has 0 saturated carbocycles. The molecule has 1 aromatic carbocycles. The average Bonchev–Trinajstić information content (AvgIpc) is 2.67. The van der Waals surface area contributed by atoms with E-state index < -0.39 is 6.10 Å². The molecule has 1 aliphatic heterocycles. The minimum absolute atomic E-state index is 0.107. The quantitative estimate of drug-likeness (QED) is 0.828. The van der Waals surface area contributed by atoms with Gasteiger partial charge in [0, 0.05) is 25.3 Å². The second-order valence-corrected chi connectivity index (χ2v) is 4.61. The van der Waals surface area contributed by atoms with E-state index in [4.69, 9.17) is 0 Å². The highest BCUT2D eigenvalue weighted by Crippen LogP contribution is 2.22. The number of aliphatic hydroxyl groups is 1. The zero-order valence-corrected chi connectivity index (χ0v) is 10.5. The van der Waals surface area contributed by atoms with Crippen molar-refractivity contribution in [3.63, 3.8) is 0 Å². The molecule has 2 rings (SSSR count). The van der Waals surface area contributed by atoms with E-state index in [-0.39, 0.29) is 18.2 Å². The number of benzene rings is 1. The Balaban J connectivity index is 2.28. The van der Waals surface area contributed by atoms with Crippen LogP contribution in [0.4, 0.5) is 5.69 Å². The molecule has 1 fully saturated rings. The van der Waals surface area contributed by atoms with Gasteiger partial charge in [0.25, 0.3) is 5.91 Å². The Labute approximate surface area is 106 Å². The molecule has 0 aromatic heterocycles. The highest BCUT2D eigenvalue weighted by atomic mass is 16.3. The van der Waals surface area contributed by atoms with Crippen molar-refractivity contribution in [1.29, 1.82) is 0 Å². The van der Waals surface area contributed by atoms with E-state index in [1.54, 1.807) is 38.4 Å². The molecule has 2 amide bonds. The van der Waals surface area contributed by atoms with Crippen LogP contribution in [0.1, 0.15) is 16.8 Å². The van der Waals surface area contributed by atoms with Gasteiger partial charge in [0.15, 0.2) is 0 Å². The monoisotopic (exact) mass is 248 g/mol. The Bertz CT molecular complexity index is 485. The van der Waals surface area contributed by atoms with Crippen LogP contribution in [-0.2, 0) is 4.79 Å². The molecule has 1 aromatic rings. The van der Waals surface area contributed by atoms with E-state index in [1.165, 1.54) is 9.80 Å². The van der Waals surface area contributed by atoms with Crippen LogP contribution >= 0.6 is 0 Å². The number of aliphatic hydroxyl groups excluding tert-OH is 1. The molecule has 1 atom stereocenters. The maximum absolute atomic E-state index is 11.8. The first-order chi connectivity index (χ1) is 8.49. The summed E-state index contributed by atoms with van der Waals surface area (Å²) in [4.78, 5) is 26.5. The summed E-state index contributed by atoms with van der Waals surface area (Å²) in [5.41, 5.74) is 1.19. The largest absolute Gasteiger partial charge is 0.391 e. The topological polar surface area (TPSA) is 60.9 Å². The molecule has 1 heterocycles. The number of hydrogen-bond donors (Lipinski definition) is 1. The first-order valence-electron chi connectivity index (χ1n) is 5.79. The van der Waals surface area contributed by atoms with Gasteiger partial charge in [-0.2, -0.15) is 0 Å². The fourth-order valence-corrected chi connectivity index (χ4v) is 2.00. The zero-order chi connectivity index (χ0) is 13.3. The number of hydrogen-bond acceptors (Lipinski definition) is 3. The summed E-state index contributed by atoms with van der Waals surface area (Å²) in [6, 6.07) is 6.90. The van der Waals surface area contributed by atoms with E-state index in [0.29, 0.717) is 17.8 Å². The molecule has 0 aliphatic carbocycles.